The highest BCUT2D eigenvalue weighted by molar-refractivity contribution is 5.49. The highest BCUT2D eigenvalue weighted by Crippen LogP contribution is 2.19. The monoisotopic (exact) mass is 270 g/mol. The van der Waals surface area contributed by atoms with E-state index in [-0.39, 0.29) is 0 Å². The molecule has 0 fully saturated rings. The Labute approximate surface area is 120 Å². The van der Waals surface area contributed by atoms with Crippen LogP contribution in [0.1, 0.15) is 26.3 Å². The van der Waals surface area contributed by atoms with Gasteiger partial charge < -0.3 is 10.2 Å². The van der Waals surface area contributed by atoms with E-state index >= 15 is 0 Å². The summed E-state index contributed by atoms with van der Waals surface area (Å²) in [6.07, 6.45) is 1.62. The summed E-state index contributed by atoms with van der Waals surface area (Å²) < 4.78 is 0. The Morgan fingerprint density at radius 2 is 1.90 bits per heavy atom. The summed E-state index contributed by atoms with van der Waals surface area (Å²) in [5.41, 5.74) is 1.28. The van der Waals surface area contributed by atoms with Crippen molar-refractivity contribution in [1.29, 1.82) is 0 Å². The summed E-state index contributed by atoms with van der Waals surface area (Å²) in [7, 11) is 0. The number of rotatable bonds is 6. The van der Waals surface area contributed by atoms with Crippen LogP contribution in [0, 0.1) is 0 Å². The van der Waals surface area contributed by atoms with Crippen molar-refractivity contribution in [3.05, 3.63) is 48.3 Å². The van der Waals surface area contributed by atoms with E-state index in [0.29, 0.717) is 6.04 Å². The standard InChI is InChI=1S/C16H22N4/c1-4-17-15-10-16(19-12-18-15)20(13(2)3)11-14-8-6-5-7-9-14/h5-10,12-13H,4,11H2,1-3H3,(H,17,18,19). The largest absolute Gasteiger partial charge is 0.370 e. The summed E-state index contributed by atoms with van der Waals surface area (Å²) in [5, 5.41) is 3.23. The molecular formula is C16H22N4. The van der Waals surface area contributed by atoms with Gasteiger partial charge in [0, 0.05) is 25.2 Å². The minimum absolute atomic E-state index is 0.375. The van der Waals surface area contributed by atoms with E-state index in [2.05, 4.69) is 65.2 Å². The molecule has 4 heteroatoms. The molecule has 4 nitrogen and oxygen atoms in total. The van der Waals surface area contributed by atoms with E-state index in [0.717, 1.165) is 24.7 Å². The molecule has 1 aromatic heterocycles. The van der Waals surface area contributed by atoms with Crippen LogP contribution in [0.4, 0.5) is 11.6 Å². The van der Waals surface area contributed by atoms with E-state index in [1.807, 2.05) is 12.1 Å². The molecule has 2 rings (SSSR count). The third kappa shape index (κ3) is 3.70. The Kier molecular flexibility index (Phi) is 4.93. The lowest BCUT2D eigenvalue weighted by Gasteiger charge is -2.28. The predicted molar refractivity (Wildman–Crippen MR) is 84.0 cm³/mol. The molecule has 2 aromatic rings. The average molecular weight is 270 g/mol. The van der Waals surface area contributed by atoms with Crippen molar-refractivity contribution >= 4 is 11.6 Å². The minimum atomic E-state index is 0.375. The summed E-state index contributed by atoms with van der Waals surface area (Å²) >= 11 is 0. The molecule has 0 aliphatic heterocycles. The molecule has 0 unspecified atom stereocenters. The fourth-order valence-electron chi connectivity index (χ4n) is 2.09. The van der Waals surface area contributed by atoms with Gasteiger partial charge in [-0.2, -0.15) is 0 Å². The topological polar surface area (TPSA) is 41.0 Å². The van der Waals surface area contributed by atoms with E-state index in [4.69, 9.17) is 0 Å². The third-order valence-corrected chi connectivity index (χ3v) is 3.12. The fraction of sp³-hybridized carbons (Fsp3) is 0.375. The lowest BCUT2D eigenvalue weighted by molar-refractivity contribution is 0.671. The Bertz CT molecular complexity index is 525. The maximum Gasteiger partial charge on any atom is 0.134 e. The average Bonchev–Trinajstić information content (AvgIpc) is 2.46. The van der Waals surface area contributed by atoms with Crippen LogP contribution >= 0.6 is 0 Å². The van der Waals surface area contributed by atoms with Crippen LogP contribution in [0.3, 0.4) is 0 Å². The summed E-state index contributed by atoms with van der Waals surface area (Å²) in [4.78, 5) is 10.9. The molecule has 0 amide bonds. The second-order valence-corrected chi connectivity index (χ2v) is 5.00. The number of hydrogen-bond donors (Lipinski definition) is 1. The zero-order valence-corrected chi connectivity index (χ0v) is 12.4. The fourth-order valence-corrected chi connectivity index (χ4v) is 2.09. The number of benzene rings is 1. The highest BCUT2D eigenvalue weighted by atomic mass is 15.2. The Hall–Kier alpha value is -2.10. The van der Waals surface area contributed by atoms with Gasteiger partial charge in [0.15, 0.2) is 0 Å². The van der Waals surface area contributed by atoms with Crippen molar-refractivity contribution in [2.45, 2.75) is 33.4 Å². The van der Waals surface area contributed by atoms with Crippen LogP contribution < -0.4 is 10.2 Å². The van der Waals surface area contributed by atoms with Gasteiger partial charge in [-0.05, 0) is 26.3 Å². The van der Waals surface area contributed by atoms with Crippen molar-refractivity contribution in [1.82, 2.24) is 9.97 Å². The van der Waals surface area contributed by atoms with Gasteiger partial charge in [0.1, 0.15) is 18.0 Å². The normalized spacial score (nSPS) is 10.6. The summed E-state index contributed by atoms with van der Waals surface area (Å²) in [5.74, 6) is 1.83. The zero-order chi connectivity index (χ0) is 14.4. The van der Waals surface area contributed by atoms with Gasteiger partial charge >= 0.3 is 0 Å². The number of nitrogens with zero attached hydrogens (tertiary/aromatic N) is 3. The van der Waals surface area contributed by atoms with Crippen molar-refractivity contribution in [3.63, 3.8) is 0 Å². The molecule has 0 spiro atoms. The van der Waals surface area contributed by atoms with Crippen LogP contribution in [0.2, 0.25) is 0 Å². The van der Waals surface area contributed by atoms with Crippen LogP contribution in [-0.4, -0.2) is 22.6 Å². The molecule has 0 aliphatic carbocycles. The van der Waals surface area contributed by atoms with E-state index in [1.165, 1.54) is 5.56 Å². The Morgan fingerprint density at radius 3 is 2.55 bits per heavy atom. The Balaban J connectivity index is 2.22. The number of anilines is 2. The van der Waals surface area contributed by atoms with E-state index < -0.39 is 0 Å². The third-order valence-electron chi connectivity index (χ3n) is 3.12. The molecule has 0 bridgehead atoms. The summed E-state index contributed by atoms with van der Waals surface area (Å²) in [6, 6.07) is 12.8. The number of hydrogen-bond acceptors (Lipinski definition) is 4. The van der Waals surface area contributed by atoms with Crippen LogP contribution in [-0.2, 0) is 6.54 Å². The van der Waals surface area contributed by atoms with Crippen LogP contribution in [0.5, 0.6) is 0 Å². The van der Waals surface area contributed by atoms with Gasteiger partial charge in [-0.15, -0.1) is 0 Å². The Morgan fingerprint density at radius 1 is 1.15 bits per heavy atom. The SMILES string of the molecule is CCNc1cc(N(Cc2ccccc2)C(C)C)ncn1. The first-order valence-electron chi connectivity index (χ1n) is 7.07. The zero-order valence-electron chi connectivity index (χ0n) is 12.4. The molecule has 0 atom stereocenters. The van der Waals surface area contributed by atoms with Crippen molar-refractivity contribution in [2.24, 2.45) is 0 Å². The van der Waals surface area contributed by atoms with Gasteiger partial charge in [-0.1, -0.05) is 30.3 Å². The van der Waals surface area contributed by atoms with Gasteiger partial charge in [0.2, 0.25) is 0 Å². The molecule has 0 aliphatic rings. The molecule has 0 radical (unpaired) electrons. The molecule has 1 heterocycles. The first kappa shape index (κ1) is 14.3. The maximum atomic E-state index is 4.41. The second-order valence-electron chi connectivity index (χ2n) is 5.00. The van der Waals surface area contributed by atoms with Gasteiger partial charge in [0.25, 0.3) is 0 Å². The molecular weight excluding hydrogens is 248 g/mol. The van der Waals surface area contributed by atoms with Crippen LogP contribution in [0.15, 0.2) is 42.7 Å². The highest BCUT2D eigenvalue weighted by Gasteiger charge is 2.13. The second kappa shape index (κ2) is 6.89. The molecule has 20 heavy (non-hydrogen) atoms. The first-order chi connectivity index (χ1) is 9.70. The number of aromatic nitrogens is 2. The molecule has 1 N–H and O–H groups in total. The van der Waals surface area contributed by atoms with Gasteiger partial charge in [0.05, 0.1) is 0 Å². The molecule has 0 saturated carbocycles. The van der Waals surface area contributed by atoms with Crippen molar-refractivity contribution < 1.29 is 0 Å². The number of nitrogens with one attached hydrogen (secondary N) is 1. The minimum Gasteiger partial charge on any atom is -0.370 e. The lowest BCUT2D eigenvalue weighted by atomic mass is 10.2. The van der Waals surface area contributed by atoms with Gasteiger partial charge in [-0.25, -0.2) is 9.97 Å². The van der Waals surface area contributed by atoms with Gasteiger partial charge in [-0.3, -0.25) is 0 Å². The van der Waals surface area contributed by atoms with Crippen molar-refractivity contribution in [3.8, 4) is 0 Å². The van der Waals surface area contributed by atoms with E-state index in [1.54, 1.807) is 6.33 Å². The first-order valence-corrected chi connectivity index (χ1v) is 7.07. The smallest absolute Gasteiger partial charge is 0.134 e. The summed E-state index contributed by atoms with van der Waals surface area (Å²) in [6.45, 7) is 8.12. The van der Waals surface area contributed by atoms with E-state index in [9.17, 15) is 0 Å². The molecule has 0 saturated heterocycles. The molecule has 106 valence electrons. The maximum absolute atomic E-state index is 4.41. The predicted octanol–water partition coefficient (Wildman–Crippen LogP) is 3.32. The quantitative estimate of drug-likeness (QED) is 0.874. The van der Waals surface area contributed by atoms with Crippen LogP contribution in [0.25, 0.3) is 0 Å². The molecule has 1 aromatic carbocycles. The lowest BCUT2D eigenvalue weighted by Crippen LogP contribution is -2.31. The van der Waals surface area contributed by atoms with Crippen molar-refractivity contribution in [2.75, 3.05) is 16.8 Å².